The predicted molar refractivity (Wildman–Crippen MR) is 110 cm³/mol. The van der Waals surface area contributed by atoms with Crippen molar-refractivity contribution < 1.29 is 9.53 Å². The normalized spacial score (nSPS) is 11.5. The van der Waals surface area contributed by atoms with Gasteiger partial charge in [0.25, 0.3) is 5.91 Å². The second-order valence-electron chi connectivity index (χ2n) is 5.65. The maximum atomic E-state index is 11.9. The van der Waals surface area contributed by atoms with Crippen LogP contribution in [0.4, 0.5) is 0 Å². The largest absolute Gasteiger partial charge is 0.496 e. The van der Waals surface area contributed by atoms with Crippen molar-refractivity contribution >= 4 is 41.0 Å². The van der Waals surface area contributed by atoms with E-state index in [2.05, 4.69) is 15.5 Å². The molecule has 7 heteroatoms. The number of carbonyl (C=O) groups excluding carboxylic acids is 1. The molecule has 0 aliphatic heterocycles. The lowest BCUT2D eigenvalue weighted by molar-refractivity contribution is -0.118. The smallest absolute Gasteiger partial charge is 0.250 e. The van der Waals surface area contributed by atoms with Gasteiger partial charge in [-0.25, -0.2) is 10.4 Å². The number of imidazole rings is 1. The van der Waals surface area contributed by atoms with E-state index in [1.54, 1.807) is 13.2 Å². The fourth-order valence-electron chi connectivity index (χ4n) is 2.52. The Morgan fingerprint density at radius 3 is 2.85 bits per heavy atom. The highest BCUT2D eigenvalue weighted by Gasteiger charge is 2.09. The van der Waals surface area contributed by atoms with E-state index in [0.717, 1.165) is 27.5 Å². The SMILES string of the molecule is COc1ccccc1/C=C/C=N/NC(=O)CSc1nc2ccccc2n1C. The number of ether oxygens (including phenoxy) is 1. The number of nitrogens with one attached hydrogen (secondary N) is 1. The van der Waals surface area contributed by atoms with Crippen LogP contribution in [0.1, 0.15) is 5.56 Å². The fourth-order valence-corrected chi connectivity index (χ4v) is 3.30. The number of hydrazone groups is 1. The number of fused-ring (bicyclic) bond motifs is 1. The van der Waals surface area contributed by atoms with E-state index < -0.39 is 0 Å². The number of hydrogen-bond donors (Lipinski definition) is 1. The first-order valence-corrected chi connectivity index (χ1v) is 9.33. The summed E-state index contributed by atoms with van der Waals surface area (Å²) >= 11 is 1.38. The summed E-state index contributed by atoms with van der Waals surface area (Å²) in [5.74, 6) is 0.837. The van der Waals surface area contributed by atoms with Gasteiger partial charge in [0.2, 0.25) is 0 Å². The molecule has 0 aliphatic carbocycles. The van der Waals surface area contributed by atoms with Gasteiger partial charge in [-0.2, -0.15) is 5.10 Å². The molecular formula is C20H20N4O2S. The van der Waals surface area contributed by atoms with E-state index >= 15 is 0 Å². The number of aryl methyl sites for hydroxylation is 1. The van der Waals surface area contributed by atoms with Gasteiger partial charge in [0.1, 0.15) is 5.75 Å². The fraction of sp³-hybridized carbons (Fsp3) is 0.150. The molecule has 0 radical (unpaired) electrons. The molecule has 0 fully saturated rings. The number of carbonyl (C=O) groups is 1. The van der Waals surface area contributed by atoms with Crippen LogP contribution in [0.3, 0.4) is 0 Å². The molecule has 3 rings (SSSR count). The van der Waals surface area contributed by atoms with Gasteiger partial charge in [-0.1, -0.05) is 42.1 Å². The summed E-state index contributed by atoms with van der Waals surface area (Å²) in [6.07, 6.45) is 5.14. The summed E-state index contributed by atoms with van der Waals surface area (Å²) in [6.45, 7) is 0. The van der Waals surface area contributed by atoms with Crippen LogP contribution in [-0.2, 0) is 11.8 Å². The van der Waals surface area contributed by atoms with Crippen molar-refractivity contribution in [3.63, 3.8) is 0 Å². The third kappa shape index (κ3) is 4.77. The van der Waals surface area contributed by atoms with E-state index in [4.69, 9.17) is 4.74 Å². The van der Waals surface area contributed by atoms with Crippen molar-refractivity contribution in [1.82, 2.24) is 15.0 Å². The van der Waals surface area contributed by atoms with Crippen LogP contribution in [-0.4, -0.2) is 34.5 Å². The molecule has 0 atom stereocenters. The van der Waals surface area contributed by atoms with E-state index in [0.29, 0.717) is 0 Å². The Balaban J connectivity index is 1.50. The Morgan fingerprint density at radius 1 is 1.26 bits per heavy atom. The number of allylic oxidation sites excluding steroid dienone is 1. The van der Waals surface area contributed by atoms with Crippen LogP contribution in [0.5, 0.6) is 5.75 Å². The molecule has 1 heterocycles. The third-order valence-corrected chi connectivity index (χ3v) is 4.87. The van der Waals surface area contributed by atoms with Gasteiger partial charge in [-0.05, 0) is 30.4 Å². The molecule has 27 heavy (non-hydrogen) atoms. The molecule has 1 aromatic heterocycles. The Morgan fingerprint density at radius 2 is 2.04 bits per heavy atom. The van der Waals surface area contributed by atoms with Crippen molar-refractivity contribution in [3.8, 4) is 5.75 Å². The lowest BCUT2D eigenvalue weighted by Crippen LogP contribution is -2.19. The van der Waals surface area contributed by atoms with Crippen LogP contribution in [0.2, 0.25) is 0 Å². The van der Waals surface area contributed by atoms with E-state index in [1.165, 1.54) is 18.0 Å². The van der Waals surface area contributed by atoms with Crippen molar-refractivity contribution in [1.29, 1.82) is 0 Å². The van der Waals surface area contributed by atoms with Crippen LogP contribution in [0, 0.1) is 0 Å². The Hall–Kier alpha value is -3.06. The number of para-hydroxylation sites is 3. The lowest BCUT2D eigenvalue weighted by atomic mass is 10.2. The van der Waals surface area contributed by atoms with Gasteiger partial charge >= 0.3 is 0 Å². The zero-order valence-electron chi connectivity index (χ0n) is 15.1. The average Bonchev–Trinajstić information content (AvgIpc) is 3.02. The van der Waals surface area contributed by atoms with Gasteiger partial charge in [0.15, 0.2) is 5.16 Å². The highest BCUT2D eigenvalue weighted by atomic mass is 32.2. The molecule has 0 saturated carbocycles. The zero-order valence-corrected chi connectivity index (χ0v) is 15.9. The number of amides is 1. The molecule has 0 aliphatic rings. The van der Waals surface area contributed by atoms with Gasteiger partial charge < -0.3 is 9.30 Å². The minimum Gasteiger partial charge on any atom is -0.496 e. The summed E-state index contributed by atoms with van der Waals surface area (Å²) in [4.78, 5) is 16.5. The highest BCUT2D eigenvalue weighted by Crippen LogP contribution is 2.22. The molecular weight excluding hydrogens is 360 g/mol. The number of nitrogens with zero attached hydrogens (tertiary/aromatic N) is 3. The molecule has 0 bridgehead atoms. The maximum Gasteiger partial charge on any atom is 0.250 e. The molecule has 3 aromatic rings. The second kappa shape index (κ2) is 9.05. The standard InChI is InChI=1S/C20H20N4O2S/c1-24-17-11-5-4-10-16(17)22-20(24)27-14-19(25)23-21-13-7-9-15-8-3-6-12-18(15)26-2/h3-13H,14H2,1-2H3,(H,23,25)/b9-7+,21-13+. The van der Waals surface area contributed by atoms with E-state index in [9.17, 15) is 4.79 Å². The summed E-state index contributed by atoms with van der Waals surface area (Å²) in [5, 5.41) is 4.72. The van der Waals surface area contributed by atoms with Gasteiger partial charge in [-0.3, -0.25) is 4.79 Å². The number of thioether (sulfide) groups is 1. The minimum atomic E-state index is -0.186. The van der Waals surface area contributed by atoms with Crippen molar-refractivity contribution in [2.45, 2.75) is 5.16 Å². The van der Waals surface area contributed by atoms with E-state index in [-0.39, 0.29) is 11.7 Å². The van der Waals surface area contributed by atoms with Gasteiger partial charge in [-0.15, -0.1) is 0 Å². The first kappa shape index (κ1) is 18.7. The molecule has 0 unspecified atom stereocenters. The first-order valence-electron chi connectivity index (χ1n) is 8.35. The number of benzene rings is 2. The Bertz CT molecular complexity index is 995. The van der Waals surface area contributed by atoms with Gasteiger partial charge in [0.05, 0.1) is 23.9 Å². The molecule has 1 N–H and O–H groups in total. The zero-order chi connectivity index (χ0) is 19.1. The number of aromatic nitrogens is 2. The lowest BCUT2D eigenvalue weighted by Gasteiger charge is -2.02. The third-order valence-electron chi connectivity index (χ3n) is 3.84. The van der Waals surface area contributed by atoms with Crippen LogP contribution in [0.15, 0.2) is 64.9 Å². The quantitative estimate of drug-likeness (QED) is 0.387. The molecule has 138 valence electrons. The monoisotopic (exact) mass is 380 g/mol. The van der Waals surface area contributed by atoms with Crippen molar-refractivity contribution in [3.05, 3.63) is 60.2 Å². The number of rotatable bonds is 7. The number of methoxy groups -OCH3 is 1. The Kier molecular flexibility index (Phi) is 6.27. The highest BCUT2D eigenvalue weighted by molar-refractivity contribution is 7.99. The van der Waals surface area contributed by atoms with Crippen LogP contribution < -0.4 is 10.2 Å². The van der Waals surface area contributed by atoms with E-state index in [1.807, 2.05) is 66.2 Å². The molecule has 6 nitrogen and oxygen atoms in total. The Labute approximate surface area is 161 Å². The molecule has 2 aromatic carbocycles. The maximum absolute atomic E-state index is 11.9. The summed E-state index contributed by atoms with van der Waals surface area (Å²) in [7, 11) is 3.57. The predicted octanol–water partition coefficient (Wildman–Crippen LogP) is 3.49. The molecule has 1 amide bonds. The van der Waals surface area contributed by atoms with Gasteiger partial charge in [0, 0.05) is 18.8 Å². The molecule has 0 spiro atoms. The summed E-state index contributed by atoms with van der Waals surface area (Å²) < 4.78 is 7.25. The summed E-state index contributed by atoms with van der Waals surface area (Å²) in [5.41, 5.74) is 5.41. The van der Waals surface area contributed by atoms with Crippen LogP contribution >= 0.6 is 11.8 Å². The van der Waals surface area contributed by atoms with Crippen molar-refractivity contribution in [2.75, 3.05) is 12.9 Å². The minimum absolute atomic E-state index is 0.186. The summed E-state index contributed by atoms with van der Waals surface area (Å²) in [6, 6.07) is 15.5. The topological polar surface area (TPSA) is 68.5 Å². The second-order valence-corrected chi connectivity index (χ2v) is 6.59. The number of hydrogen-bond acceptors (Lipinski definition) is 5. The first-order chi connectivity index (χ1) is 13.2. The average molecular weight is 380 g/mol. The van der Waals surface area contributed by atoms with Crippen LogP contribution in [0.25, 0.3) is 17.1 Å². The van der Waals surface area contributed by atoms with Crippen molar-refractivity contribution in [2.24, 2.45) is 12.1 Å². The molecule has 0 saturated heterocycles.